The molecule has 2 aromatic heterocycles. The second kappa shape index (κ2) is 19.2. The van der Waals surface area contributed by atoms with Crippen LogP contribution in [0.15, 0.2) is 85.2 Å². The van der Waals surface area contributed by atoms with E-state index in [1.165, 1.54) is 34.6 Å². The summed E-state index contributed by atoms with van der Waals surface area (Å²) in [5, 5.41) is 26.2. The van der Waals surface area contributed by atoms with Crippen LogP contribution in [0, 0.1) is 28.5 Å². The molecule has 2 aliphatic carbocycles. The first-order valence-corrected chi connectivity index (χ1v) is 23.1. The standard InChI is InChI=1S/C27H29N3O3S.C24H22FN3O2S/c1-16(2)32-23-12-9-17(13-18(23)14-28)25-29-15-24(34-25)21-8-6-7-20-19(21)10-11-22(20)30-26(31)33-27(3,4)5;1-24(2,3)30-23(29)28-20-10-8-16-17(20)5-4-6-18(16)21-13-27-22(31-21)14-7-9-19(25)15(11-14)12-26/h6-9,12-13,15-16,22H,10-11H2,1-5H3,(H,30,31);4-7,9,11,13,20H,8,10H2,1-3H3,(H,28,29)/t22-;20-/m00/s1. The summed E-state index contributed by atoms with van der Waals surface area (Å²) in [6.45, 7) is 15.0. The predicted molar refractivity (Wildman–Crippen MR) is 252 cm³/mol. The number of thiazole rings is 2. The number of hydrogen-bond acceptors (Lipinski definition) is 11. The molecule has 0 saturated carbocycles. The number of carbonyl (C=O) groups is 2. The van der Waals surface area contributed by atoms with E-state index in [1.807, 2.05) is 104 Å². The highest BCUT2D eigenvalue weighted by molar-refractivity contribution is 7.18. The summed E-state index contributed by atoms with van der Waals surface area (Å²) in [7, 11) is 0. The van der Waals surface area contributed by atoms with Crippen LogP contribution in [0.5, 0.6) is 5.75 Å². The summed E-state index contributed by atoms with van der Waals surface area (Å²) < 4.78 is 30.2. The van der Waals surface area contributed by atoms with Crippen molar-refractivity contribution in [1.29, 1.82) is 10.5 Å². The van der Waals surface area contributed by atoms with Crippen LogP contribution in [0.4, 0.5) is 14.0 Å². The largest absolute Gasteiger partial charge is 0.490 e. The van der Waals surface area contributed by atoms with Gasteiger partial charge in [0, 0.05) is 23.5 Å². The molecule has 65 heavy (non-hydrogen) atoms. The quantitative estimate of drug-likeness (QED) is 0.151. The van der Waals surface area contributed by atoms with Crippen LogP contribution in [-0.2, 0) is 22.3 Å². The van der Waals surface area contributed by atoms with Crippen molar-refractivity contribution >= 4 is 34.9 Å². The number of nitriles is 2. The second-order valence-electron chi connectivity index (χ2n) is 18.1. The van der Waals surface area contributed by atoms with Crippen LogP contribution in [0.1, 0.15) is 114 Å². The molecule has 2 amide bonds. The molecule has 0 fully saturated rings. The lowest BCUT2D eigenvalue weighted by molar-refractivity contribution is 0.0492. The third-order valence-corrected chi connectivity index (χ3v) is 12.7. The molecular formula is C51H51FN6O5S2. The Kier molecular flexibility index (Phi) is 13.7. The van der Waals surface area contributed by atoms with Gasteiger partial charge < -0.3 is 24.8 Å². The van der Waals surface area contributed by atoms with Crippen molar-refractivity contribution in [2.75, 3.05) is 0 Å². The van der Waals surface area contributed by atoms with Gasteiger partial charge in [0.1, 0.15) is 44.9 Å². The summed E-state index contributed by atoms with van der Waals surface area (Å²) in [6.07, 6.45) is 6.23. The lowest BCUT2D eigenvalue weighted by Crippen LogP contribution is -2.34. The van der Waals surface area contributed by atoms with E-state index in [0.29, 0.717) is 16.9 Å². The number of halogens is 1. The van der Waals surface area contributed by atoms with Gasteiger partial charge in [-0.2, -0.15) is 10.5 Å². The molecule has 2 N–H and O–H groups in total. The van der Waals surface area contributed by atoms with Gasteiger partial charge >= 0.3 is 12.2 Å². The van der Waals surface area contributed by atoms with Gasteiger partial charge in [-0.1, -0.05) is 36.4 Å². The molecule has 2 heterocycles. The molecule has 0 unspecified atom stereocenters. The van der Waals surface area contributed by atoms with Gasteiger partial charge in [0.05, 0.1) is 39.1 Å². The van der Waals surface area contributed by atoms with E-state index in [4.69, 9.17) is 19.5 Å². The van der Waals surface area contributed by atoms with Crippen LogP contribution in [-0.4, -0.2) is 39.5 Å². The summed E-state index contributed by atoms with van der Waals surface area (Å²) in [6, 6.07) is 26.3. The molecule has 0 radical (unpaired) electrons. The first-order chi connectivity index (χ1) is 30.9. The van der Waals surface area contributed by atoms with E-state index in [9.17, 15) is 19.2 Å². The van der Waals surface area contributed by atoms with E-state index in [1.54, 1.807) is 23.6 Å². The van der Waals surface area contributed by atoms with Crippen molar-refractivity contribution in [3.63, 3.8) is 0 Å². The molecule has 0 spiro atoms. The fourth-order valence-electron chi connectivity index (χ4n) is 7.89. The minimum Gasteiger partial charge on any atom is -0.490 e. The summed E-state index contributed by atoms with van der Waals surface area (Å²) >= 11 is 3.09. The molecule has 0 aliphatic heterocycles. The Labute approximate surface area is 387 Å². The van der Waals surface area contributed by atoms with Crippen molar-refractivity contribution < 1.29 is 28.2 Å². The maximum atomic E-state index is 13.6. The van der Waals surface area contributed by atoms with Gasteiger partial charge in [0.25, 0.3) is 0 Å². The number of hydrogen-bond donors (Lipinski definition) is 2. The Morgan fingerprint density at radius 1 is 0.708 bits per heavy atom. The number of amides is 2. The van der Waals surface area contributed by atoms with Gasteiger partial charge in [0.2, 0.25) is 0 Å². The topological polar surface area (TPSA) is 159 Å². The minimum absolute atomic E-state index is 0.00164. The number of alkyl carbamates (subject to hydrolysis) is 2. The van der Waals surface area contributed by atoms with Crippen molar-refractivity contribution in [1.82, 2.24) is 20.6 Å². The molecule has 2 atom stereocenters. The van der Waals surface area contributed by atoms with E-state index in [2.05, 4.69) is 44.9 Å². The van der Waals surface area contributed by atoms with Crippen LogP contribution < -0.4 is 15.4 Å². The zero-order valence-electron chi connectivity index (χ0n) is 37.7. The Hall–Kier alpha value is -6.61. The van der Waals surface area contributed by atoms with Gasteiger partial charge in [-0.05, 0) is 151 Å². The van der Waals surface area contributed by atoms with Crippen LogP contribution in [0.2, 0.25) is 0 Å². The van der Waals surface area contributed by atoms with Gasteiger partial charge in [-0.25, -0.2) is 23.9 Å². The Morgan fingerprint density at radius 2 is 1.17 bits per heavy atom. The smallest absolute Gasteiger partial charge is 0.408 e. The summed E-state index contributed by atoms with van der Waals surface area (Å²) in [5.74, 6) is 0.0508. The molecule has 2 aliphatic rings. The monoisotopic (exact) mass is 910 g/mol. The van der Waals surface area contributed by atoms with E-state index < -0.39 is 29.2 Å². The normalized spacial score (nSPS) is 15.1. The Morgan fingerprint density at radius 3 is 1.62 bits per heavy atom. The Bertz CT molecular complexity index is 2820. The van der Waals surface area contributed by atoms with Crippen molar-refractivity contribution in [3.05, 3.63) is 124 Å². The SMILES string of the molecule is CC(C)(C)OC(=O)N[C@H]1CCc2c(-c3cnc(-c4ccc(F)c(C#N)c4)s3)cccc21.CC(C)Oc1ccc(-c2ncc(-c3cccc4c3CC[C@@H]4NC(=O)OC(C)(C)C)s2)cc1C#N. The van der Waals surface area contributed by atoms with Crippen LogP contribution in [0.3, 0.4) is 0 Å². The van der Waals surface area contributed by atoms with E-state index in [-0.39, 0.29) is 23.8 Å². The molecule has 8 rings (SSSR count). The molecule has 0 bridgehead atoms. The fourth-order valence-corrected chi connectivity index (χ4v) is 9.82. The van der Waals surface area contributed by atoms with E-state index >= 15 is 0 Å². The highest BCUT2D eigenvalue weighted by Crippen LogP contribution is 2.43. The first kappa shape index (κ1) is 46.4. The molecule has 4 aromatic carbocycles. The van der Waals surface area contributed by atoms with Gasteiger partial charge in [0.15, 0.2) is 0 Å². The number of nitrogens with one attached hydrogen (secondary N) is 2. The number of nitrogens with zero attached hydrogens (tertiary/aromatic N) is 4. The zero-order chi connectivity index (χ0) is 46.6. The fraction of sp³-hybridized carbons (Fsp3) is 0.333. The van der Waals surface area contributed by atoms with E-state index in [0.717, 1.165) is 73.3 Å². The average Bonchev–Trinajstić information content (AvgIpc) is 4.08. The number of benzene rings is 4. The number of rotatable bonds is 8. The number of fused-ring (bicyclic) bond motifs is 2. The van der Waals surface area contributed by atoms with Crippen LogP contribution >= 0.6 is 22.7 Å². The molecule has 0 saturated heterocycles. The third-order valence-electron chi connectivity index (χ3n) is 10.5. The van der Waals surface area contributed by atoms with Crippen molar-refractivity contribution in [2.45, 2.75) is 110 Å². The predicted octanol–water partition coefficient (Wildman–Crippen LogP) is 12.6. The van der Waals surface area contributed by atoms with Crippen molar-refractivity contribution in [3.8, 4) is 59.9 Å². The average molecular weight is 911 g/mol. The molecule has 6 aromatic rings. The van der Waals surface area contributed by atoms with Gasteiger partial charge in [-0.15, -0.1) is 22.7 Å². The zero-order valence-corrected chi connectivity index (χ0v) is 39.3. The number of carbonyl (C=O) groups excluding carboxylic acids is 2. The maximum absolute atomic E-state index is 13.6. The highest BCUT2D eigenvalue weighted by Gasteiger charge is 2.30. The van der Waals surface area contributed by atoms with Crippen molar-refractivity contribution in [2.24, 2.45) is 0 Å². The van der Waals surface area contributed by atoms with Gasteiger partial charge in [-0.3, -0.25) is 0 Å². The summed E-state index contributed by atoms with van der Waals surface area (Å²) in [5.41, 5.74) is 7.89. The molecular weight excluding hydrogens is 860 g/mol. The molecule has 14 heteroatoms. The maximum Gasteiger partial charge on any atom is 0.408 e. The highest BCUT2D eigenvalue weighted by atomic mass is 32.1. The minimum atomic E-state index is -0.543. The lowest BCUT2D eigenvalue weighted by Gasteiger charge is -2.22. The molecule has 11 nitrogen and oxygen atoms in total. The third kappa shape index (κ3) is 11.2. The number of aromatic nitrogens is 2. The second-order valence-corrected chi connectivity index (χ2v) is 20.1. The van der Waals surface area contributed by atoms with Crippen LogP contribution in [0.25, 0.3) is 42.0 Å². The lowest BCUT2D eigenvalue weighted by atomic mass is 10.0. The summed E-state index contributed by atoms with van der Waals surface area (Å²) in [4.78, 5) is 35.7. The first-order valence-electron chi connectivity index (χ1n) is 21.5. The number of ether oxygens (including phenoxy) is 3. The Balaban J connectivity index is 0.000000195. The molecule has 334 valence electrons.